The summed E-state index contributed by atoms with van der Waals surface area (Å²) in [4.78, 5) is 7.10. The van der Waals surface area contributed by atoms with E-state index in [9.17, 15) is 0 Å². The molecule has 25 heavy (non-hydrogen) atoms. The van der Waals surface area contributed by atoms with Gasteiger partial charge in [-0.15, -0.1) is 0 Å². The average Bonchev–Trinajstić information content (AvgIpc) is 3.00. The highest BCUT2D eigenvalue weighted by Crippen LogP contribution is 2.16. The van der Waals surface area contributed by atoms with Gasteiger partial charge in [0.05, 0.1) is 12.2 Å². The minimum atomic E-state index is 0.607. The lowest BCUT2D eigenvalue weighted by Gasteiger charge is -2.20. The summed E-state index contributed by atoms with van der Waals surface area (Å²) in [5.41, 5.74) is 2.16. The Kier molecular flexibility index (Phi) is 10.2. The van der Waals surface area contributed by atoms with Gasteiger partial charge in [-0.2, -0.15) is 0 Å². The van der Waals surface area contributed by atoms with Gasteiger partial charge in [-0.3, -0.25) is 0 Å². The summed E-state index contributed by atoms with van der Waals surface area (Å²) in [6.45, 7) is 14.3. The smallest absolute Gasteiger partial charge is 0.191 e. The van der Waals surface area contributed by atoms with Gasteiger partial charge in [0.15, 0.2) is 5.96 Å². The Bertz CT molecular complexity index is 488. The summed E-state index contributed by atoms with van der Waals surface area (Å²) in [6.07, 6.45) is 4.05. The predicted octanol–water partition coefficient (Wildman–Crippen LogP) is 2.97. The molecule has 1 aromatic heterocycles. The van der Waals surface area contributed by atoms with Crippen molar-refractivity contribution in [1.82, 2.24) is 20.7 Å². The van der Waals surface area contributed by atoms with Gasteiger partial charge < -0.3 is 20.1 Å². The second-order valence-corrected chi connectivity index (χ2v) is 6.64. The number of rotatable bonds is 11. The van der Waals surface area contributed by atoms with E-state index in [4.69, 9.17) is 9.52 Å². The highest BCUT2D eigenvalue weighted by molar-refractivity contribution is 5.79. The molecule has 144 valence electrons. The number of nitrogens with one attached hydrogen (secondary N) is 2. The molecular formula is C19H37N5O. The Morgan fingerprint density at radius 3 is 2.52 bits per heavy atom. The van der Waals surface area contributed by atoms with Crippen molar-refractivity contribution in [3.8, 4) is 0 Å². The molecule has 0 saturated carbocycles. The molecule has 1 aromatic rings. The fourth-order valence-electron chi connectivity index (χ4n) is 2.57. The summed E-state index contributed by atoms with van der Waals surface area (Å²) in [6, 6.07) is 0.607. The van der Waals surface area contributed by atoms with Crippen LogP contribution in [0.25, 0.3) is 0 Å². The van der Waals surface area contributed by atoms with Crippen molar-refractivity contribution in [1.29, 1.82) is 0 Å². The van der Waals surface area contributed by atoms with Gasteiger partial charge in [-0.05, 0) is 53.6 Å². The molecule has 1 rings (SSSR count). The first-order chi connectivity index (χ1) is 12.0. The lowest BCUT2D eigenvalue weighted by molar-refractivity contribution is 0.268. The van der Waals surface area contributed by atoms with Crippen molar-refractivity contribution in [3.05, 3.63) is 17.0 Å². The number of hydrogen-bond acceptors (Lipinski definition) is 4. The third kappa shape index (κ3) is 7.46. The molecule has 0 aliphatic heterocycles. The number of aliphatic imine (C=N–C) groups is 1. The maximum Gasteiger partial charge on any atom is 0.191 e. The van der Waals surface area contributed by atoms with E-state index in [2.05, 4.69) is 62.4 Å². The van der Waals surface area contributed by atoms with E-state index in [1.54, 1.807) is 0 Å². The van der Waals surface area contributed by atoms with E-state index < -0.39 is 0 Å². The van der Waals surface area contributed by atoms with Crippen molar-refractivity contribution in [2.24, 2.45) is 4.99 Å². The zero-order chi connectivity index (χ0) is 18.7. The first kappa shape index (κ1) is 21.5. The van der Waals surface area contributed by atoms with Gasteiger partial charge in [0.1, 0.15) is 5.76 Å². The molecule has 0 unspecified atom stereocenters. The molecule has 0 aromatic carbocycles. The van der Waals surface area contributed by atoms with Crippen molar-refractivity contribution < 1.29 is 4.52 Å². The molecule has 2 N–H and O–H groups in total. The standard InChI is InChI=1S/C19H37N5O/c1-7-17-16(18(8-2)25-23-17)14-22-19(20-9-3)21-12-10-11-13-24(6)15(4)5/h15H,7-14H2,1-6H3,(H2,20,21,22). The van der Waals surface area contributed by atoms with Crippen LogP contribution in [0, 0.1) is 0 Å². The Morgan fingerprint density at radius 1 is 1.16 bits per heavy atom. The number of aromatic nitrogens is 1. The van der Waals surface area contributed by atoms with Gasteiger partial charge in [-0.1, -0.05) is 19.0 Å². The lowest BCUT2D eigenvalue weighted by atomic mass is 10.1. The number of unbranched alkanes of at least 4 members (excludes halogenated alkanes) is 1. The Morgan fingerprint density at radius 2 is 1.92 bits per heavy atom. The normalized spacial score (nSPS) is 12.2. The summed E-state index contributed by atoms with van der Waals surface area (Å²) < 4.78 is 5.42. The van der Waals surface area contributed by atoms with E-state index >= 15 is 0 Å². The lowest BCUT2D eigenvalue weighted by Crippen LogP contribution is -2.38. The summed E-state index contributed by atoms with van der Waals surface area (Å²) in [5.74, 6) is 1.82. The zero-order valence-corrected chi connectivity index (χ0v) is 17.0. The second kappa shape index (κ2) is 11.9. The van der Waals surface area contributed by atoms with Crippen molar-refractivity contribution in [2.45, 2.75) is 72.9 Å². The third-order valence-electron chi connectivity index (χ3n) is 4.46. The molecule has 0 fully saturated rings. The van der Waals surface area contributed by atoms with Crippen molar-refractivity contribution >= 4 is 5.96 Å². The van der Waals surface area contributed by atoms with Crippen LogP contribution in [0.3, 0.4) is 0 Å². The highest BCUT2D eigenvalue weighted by Gasteiger charge is 2.13. The van der Waals surface area contributed by atoms with Gasteiger partial charge in [0, 0.05) is 31.1 Å². The van der Waals surface area contributed by atoms with E-state index in [0.717, 1.165) is 61.9 Å². The molecule has 0 amide bonds. The summed E-state index contributed by atoms with van der Waals surface area (Å²) >= 11 is 0. The average molecular weight is 352 g/mol. The SMILES string of the molecule is CCNC(=NCc1c(CC)noc1CC)NCCCCN(C)C(C)C. The molecule has 0 saturated heterocycles. The first-order valence-electron chi connectivity index (χ1n) is 9.72. The fourth-order valence-corrected chi connectivity index (χ4v) is 2.57. The van der Waals surface area contributed by atoms with Crippen LogP contribution in [0.4, 0.5) is 0 Å². The van der Waals surface area contributed by atoms with Crippen LogP contribution in [0.2, 0.25) is 0 Å². The molecule has 0 bridgehead atoms. The molecule has 0 spiro atoms. The molecular weight excluding hydrogens is 314 g/mol. The van der Waals surface area contributed by atoms with Gasteiger partial charge >= 0.3 is 0 Å². The van der Waals surface area contributed by atoms with Gasteiger partial charge in [0.2, 0.25) is 0 Å². The molecule has 1 heterocycles. The molecule has 0 radical (unpaired) electrons. The van der Waals surface area contributed by atoms with E-state index in [0.29, 0.717) is 12.6 Å². The molecule has 0 aliphatic carbocycles. The van der Waals surface area contributed by atoms with Crippen LogP contribution in [0.1, 0.15) is 64.5 Å². The van der Waals surface area contributed by atoms with Crippen LogP contribution in [0.5, 0.6) is 0 Å². The fraction of sp³-hybridized carbons (Fsp3) is 0.789. The van der Waals surface area contributed by atoms with Crippen molar-refractivity contribution in [3.63, 3.8) is 0 Å². The van der Waals surface area contributed by atoms with Crippen LogP contribution in [0.15, 0.2) is 9.52 Å². The Hall–Kier alpha value is -1.56. The number of hydrogen-bond donors (Lipinski definition) is 2. The van der Waals surface area contributed by atoms with E-state index in [1.807, 2.05) is 0 Å². The Labute approximate surface area is 153 Å². The second-order valence-electron chi connectivity index (χ2n) is 6.64. The van der Waals surface area contributed by atoms with Crippen LogP contribution in [-0.2, 0) is 19.4 Å². The van der Waals surface area contributed by atoms with Gasteiger partial charge in [-0.25, -0.2) is 4.99 Å². The van der Waals surface area contributed by atoms with E-state index in [-0.39, 0.29) is 0 Å². The summed E-state index contributed by atoms with van der Waals surface area (Å²) in [7, 11) is 2.18. The third-order valence-corrected chi connectivity index (χ3v) is 4.46. The largest absolute Gasteiger partial charge is 0.361 e. The zero-order valence-electron chi connectivity index (χ0n) is 17.0. The molecule has 0 aliphatic rings. The van der Waals surface area contributed by atoms with Gasteiger partial charge in [0.25, 0.3) is 0 Å². The van der Waals surface area contributed by atoms with Crippen LogP contribution >= 0.6 is 0 Å². The molecule has 6 heteroatoms. The highest BCUT2D eigenvalue weighted by atomic mass is 16.5. The van der Waals surface area contributed by atoms with Crippen LogP contribution < -0.4 is 10.6 Å². The Balaban J connectivity index is 2.50. The topological polar surface area (TPSA) is 65.7 Å². The quantitative estimate of drug-likeness (QED) is 0.364. The van der Waals surface area contributed by atoms with E-state index in [1.165, 1.54) is 6.42 Å². The summed E-state index contributed by atoms with van der Waals surface area (Å²) in [5, 5.41) is 10.9. The minimum Gasteiger partial charge on any atom is -0.361 e. The van der Waals surface area contributed by atoms with Crippen LogP contribution in [-0.4, -0.2) is 48.7 Å². The predicted molar refractivity (Wildman–Crippen MR) is 105 cm³/mol. The first-order valence-corrected chi connectivity index (χ1v) is 9.72. The number of guanidine groups is 1. The van der Waals surface area contributed by atoms with Crippen molar-refractivity contribution in [2.75, 3.05) is 26.7 Å². The maximum absolute atomic E-state index is 5.42. The monoisotopic (exact) mass is 351 g/mol. The molecule has 6 nitrogen and oxygen atoms in total. The number of nitrogens with zero attached hydrogens (tertiary/aromatic N) is 3. The molecule has 0 atom stereocenters. The number of aryl methyl sites for hydroxylation is 2. The minimum absolute atomic E-state index is 0.607. The maximum atomic E-state index is 5.42.